The molecule has 3 aliphatic rings. The van der Waals surface area contributed by atoms with Crippen molar-refractivity contribution < 1.29 is 14.3 Å². The molecule has 1 aliphatic carbocycles. The minimum Gasteiger partial charge on any atom is -0.376 e. The van der Waals surface area contributed by atoms with Crippen molar-refractivity contribution in [1.82, 2.24) is 14.9 Å². The van der Waals surface area contributed by atoms with E-state index in [1.807, 2.05) is 11.1 Å². The summed E-state index contributed by atoms with van der Waals surface area (Å²) in [5, 5.41) is 3.35. The second-order valence-corrected chi connectivity index (χ2v) is 7.16. The molecular weight excluding hydrogens is 308 g/mol. The molecule has 4 rings (SSSR count). The number of hydrogen-bond donors (Lipinski definition) is 1. The summed E-state index contributed by atoms with van der Waals surface area (Å²) < 4.78 is 10.8. The molecule has 0 bridgehead atoms. The first-order valence-corrected chi connectivity index (χ1v) is 8.65. The van der Waals surface area contributed by atoms with Gasteiger partial charge in [0.2, 0.25) is 11.9 Å². The number of nitrogens with one attached hydrogen (secondary N) is 1. The topological polar surface area (TPSA) is 76.6 Å². The van der Waals surface area contributed by atoms with Crippen LogP contribution < -0.4 is 5.32 Å². The van der Waals surface area contributed by atoms with Gasteiger partial charge < -0.3 is 19.7 Å². The number of methoxy groups -OCH3 is 1. The predicted molar refractivity (Wildman–Crippen MR) is 87.7 cm³/mol. The maximum absolute atomic E-state index is 12.1. The number of anilines is 1. The van der Waals surface area contributed by atoms with Crippen LogP contribution in [0.5, 0.6) is 0 Å². The summed E-state index contributed by atoms with van der Waals surface area (Å²) in [6.45, 7) is 3.59. The maximum Gasteiger partial charge on any atom is 0.248 e. The van der Waals surface area contributed by atoms with E-state index in [1.165, 1.54) is 12.8 Å². The summed E-state index contributed by atoms with van der Waals surface area (Å²) >= 11 is 0. The second kappa shape index (κ2) is 6.29. The Labute approximate surface area is 141 Å². The van der Waals surface area contributed by atoms with Crippen molar-refractivity contribution in [3.8, 4) is 0 Å². The highest BCUT2D eigenvalue weighted by molar-refractivity contribution is 5.78. The lowest BCUT2D eigenvalue weighted by Gasteiger charge is -2.34. The van der Waals surface area contributed by atoms with Gasteiger partial charge in [-0.15, -0.1) is 0 Å². The third-order valence-electron chi connectivity index (χ3n) is 5.22. The molecule has 7 nitrogen and oxygen atoms in total. The minimum absolute atomic E-state index is 0.0302. The minimum atomic E-state index is -0.212. The summed E-state index contributed by atoms with van der Waals surface area (Å²) in [5.74, 6) is 1.50. The number of aromatic nitrogens is 2. The molecule has 0 radical (unpaired) electrons. The molecule has 1 N–H and O–H groups in total. The molecule has 7 heteroatoms. The Morgan fingerprint density at radius 3 is 3.21 bits per heavy atom. The molecule has 1 saturated carbocycles. The fraction of sp³-hybridized carbons (Fsp3) is 0.706. The van der Waals surface area contributed by atoms with Gasteiger partial charge in [-0.3, -0.25) is 4.79 Å². The van der Waals surface area contributed by atoms with Crippen molar-refractivity contribution in [1.29, 1.82) is 0 Å². The zero-order valence-corrected chi connectivity index (χ0v) is 14.1. The van der Waals surface area contributed by atoms with Gasteiger partial charge in [0.25, 0.3) is 0 Å². The third kappa shape index (κ3) is 2.98. The van der Waals surface area contributed by atoms with Crippen LogP contribution in [-0.2, 0) is 26.3 Å². The molecule has 0 unspecified atom stereocenters. The largest absolute Gasteiger partial charge is 0.376 e. The Balaban J connectivity index is 1.55. The fourth-order valence-corrected chi connectivity index (χ4v) is 3.65. The Kier molecular flexibility index (Phi) is 4.14. The van der Waals surface area contributed by atoms with Gasteiger partial charge >= 0.3 is 0 Å². The highest BCUT2D eigenvalue weighted by atomic mass is 16.5. The van der Waals surface area contributed by atoms with Gasteiger partial charge in [0.15, 0.2) is 0 Å². The Bertz CT molecular complexity index is 634. The van der Waals surface area contributed by atoms with Gasteiger partial charge in [0.05, 0.1) is 24.3 Å². The SMILES string of the molecule is COCC(=O)N1CC[C@]2(COCc3cnc(NCC4CC4)nc32)C1. The predicted octanol–water partition coefficient (Wildman–Crippen LogP) is 0.945. The van der Waals surface area contributed by atoms with Crippen molar-refractivity contribution in [3.63, 3.8) is 0 Å². The number of hydrogen-bond acceptors (Lipinski definition) is 6. The lowest BCUT2D eigenvalue weighted by atomic mass is 9.80. The van der Waals surface area contributed by atoms with E-state index >= 15 is 0 Å². The molecule has 1 aromatic rings. The number of rotatable bonds is 5. The molecule has 130 valence electrons. The molecule has 1 saturated heterocycles. The van der Waals surface area contributed by atoms with E-state index in [1.54, 1.807) is 7.11 Å². The Hall–Kier alpha value is -1.73. The van der Waals surface area contributed by atoms with Crippen molar-refractivity contribution in [2.75, 3.05) is 45.3 Å². The molecule has 2 aliphatic heterocycles. The van der Waals surface area contributed by atoms with Crippen LogP contribution in [0.15, 0.2) is 6.20 Å². The quantitative estimate of drug-likeness (QED) is 0.865. The summed E-state index contributed by atoms with van der Waals surface area (Å²) in [6, 6.07) is 0. The van der Waals surface area contributed by atoms with Crippen molar-refractivity contribution in [3.05, 3.63) is 17.5 Å². The number of carbonyl (C=O) groups is 1. The first-order valence-electron chi connectivity index (χ1n) is 8.65. The standard InChI is InChI=1S/C17H24N4O3/c1-23-9-14(22)21-5-4-17(10-21)11-24-8-13-7-19-16(20-15(13)17)18-6-12-2-3-12/h7,12H,2-6,8-11H2,1H3,(H,18,19,20)/t17-/m1/s1. The van der Waals surface area contributed by atoms with Crippen molar-refractivity contribution >= 4 is 11.9 Å². The highest BCUT2D eigenvalue weighted by Crippen LogP contribution is 2.39. The second-order valence-electron chi connectivity index (χ2n) is 7.16. The molecule has 1 atom stereocenters. The zero-order chi connectivity index (χ0) is 16.6. The number of likely N-dealkylation sites (tertiary alicyclic amines) is 1. The molecule has 3 heterocycles. The van der Waals surface area contributed by atoms with Crippen LogP contribution in [0.2, 0.25) is 0 Å². The third-order valence-corrected chi connectivity index (χ3v) is 5.22. The van der Waals surface area contributed by atoms with Gasteiger partial charge in [-0.25, -0.2) is 9.97 Å². The van der Waals surface area contributed by atoms with Gasteiger partial charge in [-0.05, 0) is 25.2 Å². The van der Waals surface area contributed by atoms with Crippen molar-refractivity contribution in [2.45, 2.75) is 31.3 Å². The van der Waals surface area contributed by atoms with Crippen LogP contribution in [0.1, 0.15) is 30.5 Å². The molecule has 1 amide bonds. The van der Waals surface area contributed by atoms with Crippen LogP contribution in [0.4, 0.5) is 5.95 Å². The van der Waals surface area contributed by atoms with E-state index in [9.17, 15) is 4.79 Å². The van der Waals surface area contributed by atoms with Gasteiger partial charge in [-0.2, -0.15) is 0 Å². The Morgan fingerprint density at radius 2 is 2.42 bits per heavy atom. The average molecular weight is 332 g/mol. The lowest BCUT2D eigenvalue weighted by Crippen LogP contribution is -2.42. The van der Waals surface area contributed by atoms with Crippen LogP contribution in [0.25, 0.3) is 0 Å². The van der Waals surface area contributed by atoms with Crippen molar-refractivity contribution in [2.24, 2.45) is 5.92 Å². The number of ether oxygens (including phenoxy) is 2. The van der Waals surface area contributed by atoms with Gasteiger partial charge in [-0.1, -0.05) is 0 Å². The smallest absolute Gasteiger partial charge is 0.248 e. The van der Waals surface area contributed by atoms with Crippen LogP contribution in [0, 0.1) is 5.92 Å². The van der Waals surface area contributed by atoms with Gasteiger partial charge in [0.1, 0.15) is 6.61 Å². The molecule has 1 aromatic heterocycles. The number of amides is 1. The lowest BCUT2D eigenvalue weighted by molar-refractivity contribution is -0.134. The highest BCUT2D eigenvalue weighted by Gasteiger charge is 2.46. The number of fused-ring (bicyclic) bond motifs is 2. The molecule has 24 heavy (non-hydrogen) atoms. The van der Waals surface area contributed by atoms with E-state index in [0.717, 1.165) is 36.7 Å². The van der Waals surface area contributed by atoms with E-state index in [2.05, 4.69) is 10.3 Å². The summed E-state index contributed by atoms with van der Waals surface area (Å²) in [4.78, 5) is 23.3. The van der Waals surface area contributed by atoms with E-state index < -0.39 is 0 Å². The maximum atomic E-state index is 12.1. The van der Waals surface area contributed by atoms with E-state index in [-0.39, 0.29) is 17.9 Å². The monoisotopic (exact) mass is 332 g/mol. The van der Waals surface area contributed by atoms with Gasteiger partial charge in [0, 0.05) is 38.5 Å². The summed E-state index contributed by atoms with van der Waals surface area (Å²) in [5.41, 5.74) is 1.88. The van der Waals surface area contributed by atoms with Crippen LogP contribution in [0.3, 0.4) is 0 Å². The number of carbonyl (C=O) groups excluding carboxylic acids is 1. The van der Waals surface area contributed by atoms with Crippen LogP contribution >= 0.6 is 0 Å². The zero-order valence-electron chi connectivity index (χ0n) is 14.1. The molecule has 2 fully saturated rings. The molecular formula is C17H24N4O3. The number of nitrogens with zero attached hydrogens (tertiary/aromatic N) is 3. The summed E-state index contributed by atoms with van der Waals surface area (Å²) in [6.07, 6.45) is 5.34. The van der Waals surface area contributed by atoms with Crippen LogP contribution in [-0.4, -0.2) is 60.7 Å². The first kappa shape index (κ1) is 15.8. The molecule has 1 spiro atoms. The Morgan fingerprint density at radius 1 is 1.54 bits per heavy atom. The van der Waals surface area contributed by atoms with E-state index in [4.69, 9.17) is 14.5 Å². The average Bonchev–Trinajstić information content (AvgIpc) is 3.33. The molecule has 0 aromatic carbocycles. The normalized spacial score (nSPS) is 25.8. The van der Waals surface area contributed by atoms with E-state index in [0.29, 0.717) is 25.7 Å². The fourth-order valence-electron chi connectivity index (χ4n) is 3.65. The summed E-state index contributed by atoms with van der Waals surface area (Å²) in [7, 11) is 1.55. The first-order chi connectivity index (χ1) is 11.7.